The second-order valence-corrected chi connectivity index (χ2v) is 29.6. The molecule has 2 saturated heterocycles. The molecule has 0 spiro atoms. The summed E-state index contributed by atoms with van der Waals surface area (Å²) in [5.74, 6) is -10.1. The molecule has 2 heterocycles. The van der Waals surface area contributed by atoms with Crippen molar-refractivity contribution >= 4 is 65.0 Å². The minimum Gasteiger partial charge on any atom is -0.396 e. The van der Waals surface area contributed by atoms with Crippen LogP contribution in [0.1, 0.15) is 181 Å². The summed E-state index contributed by atoms with van der Waals surface area (Å²) in [7, 11) is 9.91. The standard InChI is InChI=1S/C71H130N12O15/c1-24-52-67(92)76(17)50(15)66(91)81(22)58(51(16)98-36-30-28-32-83-33-37-97-38-34-83)63(88)75-56(45(8)9)70(95)77(18)53(39-42(2)3)62(87)72-48(13)61(86)73-49(14)65(90)78(19)54(40-43(4)5)68(93)79(20)55(41-44(6)7)69(94)80(21)57(46(10)11)71(96)82(23)59(64(89)74-52)60(85)47(12)31-27-25-26-29-35-84/h42-60,84-85H,24-41H2,1-23H3,(H,72,87)(H,73,86)(H,74,89)(H,75,88)/t47-,48+,49-,50-,51-,52+,53+,54+,55+,56+,57+,58+,59+,60-/m1/s1. The molecule has 564 valence electrons. The van der Waals surface area contributed by atoms with Crippen molar-refractivity contribution in [2.75, 3.05) is 95.4 Å². The minimum atomic E-state index is -1.65. The molecular formula is C71H130N12O15. The molecule has 0 aromatic carbocycles. The summed E-state index contributed by atoms with van der Waals surface area (Å²) in [6.07, 6.45) is 2.30. The quantitative estimate of drug-likeness (QED) is 0.0757. The molecule has 0 aliphatic carbocycles. The average Bonchev–Trinajstić information content (AvgIpc) is 0.803. The lowest BCUT2D eigenvalue weighted by Crippen LogP contribution is -2.64. The van der Waals surface area contributed by atoms with Gasteiger partial charge >= 0.3 is 0 Å². The Kier molecular flexibility index (Phi) is 38.0. The number of ether oxygens (including phenoxy) is 2. The first-order valence-corrected chi connectivity index (χ1v) is 36.0. The number of unbranched alkanes of at least 4 members (excludes halogenated alkanes) is 4. The molecule has 6 N–H and O–H groups in total. The van der Waals surface area contributed by atoms with Crippen molar-refractivity contribution in [1.82, 2.24) is 60.5 Å². The van der Waals surface area contributed by atoms with Crippen molar-refractivity contribution in [2.45, 2.75) is 260 Å². The van der Waals surface area contributed by atoms with Crippen LogP contribution in [0.15, 0.2) is 0 Å². The van der Waals surface area contributed by atoms with Crippen molar-refractivity contribution in [3.8, 4) is 0 Å². The van der Waals surface area contributed by atoms with Gasteiger partial charge in [-0.25, -0.2) is 0 Å². The largest absolute Gasteiger partial charge is 0.396 e. The maximum absolute atomic E-state index is 15.4. The summed E-state index contributed by atoms with van der Waals surface area (Å²) in [5, 5.41) is 32.9. The van der Waals surface area contributed by atoms with Gasteiger partial charge in [0.25, 0.3) is 0 Å². The van der Waals surface area contributed by atoms with E-state index in [0.29, 0.717) is 38.9 Å². The number of rotatable bonds is 24. The fourth-order valence-electron chi connectivity index (χ4n) is 12.9. The van der Waals surface area contributed by atoms with Crippen molar-refractivity contribution in [1.29, 1.82) is 0 Å². The van der Waals surface area contributed by atoms with Crippen molar-refractivity contribution < 1.29 is 72.4 Å². The lowest BCUT2D eigenvalue weighted by Gasteiger charge is -2.41. The predicted molar refractivity (Wildman–Crippen MR) is 376 cm³/mol. The number of carbonyl (C=O) groups is 11. The summed E-state index contributed by atoms with van der Waals surface area (Å²) in [4.78, 5) is 175. The van der Waals surface area contributed by atoms with Crippen LogP contribution in [0.25, 0.3) is 0 Å². The number of nitrogens with zero attached hydrogens (tertiary/aromatic N) is 8. The maximum Gasteiger partial charge on any atom is 0.246 e. The van der Waals surface area contributed by atoms with Gasteiger partial charge < -0.3 is 75.3 Å². The third-order valence-corrected chi connectivity index (χ3v) is 19.4. The zero-order valence-electron chi connectivity index (χ0n) is 64.0. The molecule has 14 atom stereocenters. The van der Waals surface area contributed by atoms with Gasteiger partial charge in [-0.1, -0.05) is 102 Å². The molecule has 2 aliphatic rings. The first kappa shape index (κ1) is 88.1. The summed E-state index contributed by atoms with van der Waals surface area (Å²) >= 11 is 0. The molecule has 0 aromatic heterocycles. The van der Waals surface area contributed by atoms with Crippen LogP contribution in [-0.4, -0.2) is 288 Å². The molecule has 0 unspecified atom stereocenters. The van der Waals surface area contributed by atoms with Crippen LogP contribution < -0.4 is 21.3 Å². The molecule has 2 rings (SSSR count). The van der Waals surface area contributed by atoms with E-state index in [-0.39, 0.29) is 56.7 Å². The zero-order chi connectivity index (χ0) is 74.9. The first-order chi connectivity index (χ1) is 45.7. The fourth-order valence-corrected chi connectivity index (χ4v) is 12.9. The number of morpholine rings is 1. The van der Waals surface area contributed by atoms with E-state index in [1.54, 1.807) is 48.5 Å². The molecule has 27 nitrogen and oxygen atoms in total. The molecule has 11 amide bonds. The minimum absolute atomic E-state index is 0.0167. The van der Waals surface area contributed by atoms with E-state index < -0.39 is 161 Å². The van der Waals surface area contributed by atoms with Crippen LogP contribution >= 0.6 is 0 Å². The monoisotopic (exact) mass is 1390 g/mol. The summed E-state index contributed by atoms with van der Waals surface area (Å²) < 4.78 is 11.9. The highest BCUT2D eigenvalue weighted by atomic mass is 16.5. The second-order valence-electron chi connectivity index (χ2n) is 29.6. The summed E-state index contributed by atoms with van der Waals surface area (Å²) in [6, 6.07) is -14.3. The average molecular weight is 1390 g/mol. The van der Waals surface area contributed by atoms with Crippen LogP contribution in [0, 0.1) is 35.5 Å². The molecule has 2 aliphatic heterocycles. The Balaban J connectivity index is 3.02. The highest BCUT2D eigenvalue weighted by Gasteiger charge is 2.47. The highest BCUT2D eigenvalue weighted by molar-refractivity contribution is 6.00. The molecule has 0 aromatic rings. The Hall–Kier alpha value is -6.03. The van der Waals surface area contributed by atoms with Gasteiger partial charge in [-0.2, -0.15) is 0 Å². The van der Waals surface area contributed by atoms with Gasteiger partial charge in [0, 0.05) is 75.6 Å². The second kappa shape index (κ2) is 42.3. The number of hydrogen-bond donors (Lipinski definition) is 6. The normalized spacial score (nSPS) is 27.0. The third kappa shape index (κ3) is 25.5. The van der Waals surface area contributed by atoms with Gasteiger partial charge in [-0.05, 0) is 121 Å². The molecule has 27 heteroatoms. The number of likely N-dealkylation sites (N-methyl/N-ethyl adjacent to an activating group) is 7. The number of carbonyl (C=O) groups excluding carboxylic acids is 11. The zero-order valence-corrected chi connectivity index (χ0v) is 64.0. The Morgan fingerprint density at radius 3 is 1.47 bits per heavy atom. The SMILES string of the molecule is CC[C@@H]1NC(=O)[C@H]([C@H](O)[C@H](C)CCCCCCO)N(C)C(=O)[C@H](C(C)C)N(C)C(=O)[C@H](CC(C)C)N(C)C(=O)[C@H](CC(C)C)N(C)C(=O)[C@@H](C)NC(=O)[C@H](C)NC(=O)[C@H](CC(C)C)N(C)C(=O)[C@H](C(C)C)NC(=O)[C@H]([C@@H](C)OCCCCN2CCOCC2)N(C)C(=O)[C@@H](C)N(C)C1=O. The van der Waals surface area contributed by atoms with Gasteiger partial charge in [0.05, 0.1) is 25.4 Å². The number of aliphatic hydroxyl groups is 2. The van der Waals surface area contributed by atoms with Crippen LogP contribution in [0.5, 0.6) is 0 Å². The molecule has 98 heavy (non-hydrogen) atoms. The molecule has 0 radical (unpaired) electrons. The number of nitrogens with one attached hydrogen (secondary N) is 4. The van der Waals surface area contributed by atoms with Crippen molar-refractivity contribution in [3.63, 3.8) is 0 Å². The third-order valence-electron chi connectivity index (χ3n) is 19.4. The van der Waals surface area contributed by atoms with E-state index in [9.17, 15) is 34.2 Å². The first-order valence-electron chi connectivity index (χ1n) is 36.0. The highest BCUT2D eigenvalue weighted by Crippen LogP contribution is 2.27. The smallest absolute Gasteiger partial charge is 0.246 e. The maximum atomic E-state index is 15.4. The molecule has 0 bridgehead atoms. The van der Waals surface area contributed by atoms with Gasteiger partial charge in [-0.3, -0.25) is 57.6 Å². The summed E-state index contributed by atoms with van der Waals surface area (Å²) in [6.45, 7) is 31.4. The number of amides is 11. The van der Waals surface area contributed by atoms with Gasteiger partial charge in [0.1, 0.15) is 66.5 Å². The number of hydrogen-bond acceptors (Lipinski definition) is 16. The Morgan fingerprint density at radius 2 is 0.949 bits per heavy atom. The predicted octanol–water partition coefficient (Wildman–Crippen LogP) is 3.11. The van der Waals surface area contributed by atoms with Crippen molar-refractivity contribution in [3.05, 3.63) is 0 Å². The van der Waals surface area contributed by atoms with E-state index in [1.165, 1.54) is 94.6 Å². The van der Waals surface area contributed by atoms with Crippen LogP contribution in [0.4, 0.5) is 0 Å². The van der Waals surface area contributed by atoms with E-state index >= 15 is 28.8 Å². The van der Waals surface area contributed by atoms with Crippen LogP contribution in [0.2, 0.25) is 0 Å². The summed E-state index contributed by atoms with van der Waals surface area (Å²) in [5.41, 5.74) is 0. The van der Waals surface area contributed by atoms with E-state index in [0.717, 1.165) is 48.7 Å². The Morgan fingerprint density at radius 1 is 0.469 bits per heavy atom. The van der Waals surface area contributed by atoms with E-state index in [1.807, 2.05) is 41.5 Å². The fraction of sp³-hybridized carbons (Fsp3) is 0.845. The van der Waals surface area contributed by atoms with Crippen LogP contribution in [0.3, 0.4) is 0 Å². The van der Waals surface area contributed by atoms with E-state index in [4.69, 9.17) is 9.47 Å². The van der Waals surface area contributed by atoms with Crippen molar-refractivity contribution in [2.24, 2.45) is 35.5 Å². The lowest BCUT2D eigenvalue weighted by atomic mass is 9.90. The molecular weight excluding hydrogens is 1260 g/mol. The van der Waals surface area contributed by atoms with Gasteiger partial charge in [-0.15, -0.1) is 0 Å². The Labute approximate surface area is 586 Å². The van der Waals surface area contributed by atoms with Crippen LogP contribution in [-0.2, 0) is 62.2 Å². The topological polar surface area (TPSA) is 321 Å². The van der Waals surface area contributed by atoms with Gasteiger partial charge in [0.15, 0.2) is 0 Å². The molecule has 2 fully saturated rings. The van der Waals surface area contributed by atoms with E-state index in [2.05, 4.69) is 26.2 Å². The lowest BCUT2D eigenvalue weighted by molar-refractivity contribution is -0.157. The Bertz CT molecular complexity index is 2590. The number of aliphatic hydroxyl groups excluding tert-OH is 2. The van der Waals surface area contributed by atoms with Gasteiger partial charge in [0.2, 0.25) is 65.0 Å². The molecule has 0 saturated carbocycles.